The molecule has 176 valence electrons. The van der Waals surface area contributed by atoms with Crippen molar-refractivity contribution in [1.29, 1.82) is 5.26 Å². The zero-order valence-electron chi connectivity index (χ0n) is 20.8. The molecule has 7 rings (SSSR count). The third kappa shape index (κ3) is 2.80. The van der Waals surface area contributed by atoms with Gasteiger partial charge in [-0.3, -0.25) is 0 Å². The van der Waals surface area contributed by atoms with Crippen LogP contribution in [0.3, 0.4) is 0 Å². The molecule has 37 heavy (non-hydrogen) atoms. The molecule has 1 aliphatic heterocycles. The Hall–Kier alpha value is -4.61. The highest BCUT2D eigenvalue weighted by atomic mass is 16.5. The fraction of sp³-hybridized carbons (Fsp3) is 0.114. The van der Waals surface area contributed by atoms with Gasteiger partial charge in [-0.15, -0.1) is 0 Å². The van der Waals surface area contributed by atoms with E-state index in [0.717, 1.165) is 33.8 Å². The summed E-state index contributed by atoms with van der Waals surface area (Å²) in [6.45, 7) is 4.63. The summed E-state index contributed by atoms with van der Waals surface area (Å²) in [5.41, 5.74) is 9.34. The van der Waals surface area contributed by atoms with E-state index in [2.05, 4.69) is 98.8 Å². The van der Waals surface area contributed by atoms with Gasteiger partial charge in [0, 0.05) is 16.5 Å². The van der Waals surface area contributed by atoms with Crippen LogP contribution in [0.15, 0.2) is 115 Å². The van der Waals surface area contributed by atoms with E-state index in [4.69, 9.17) is 4.74 Å². The summed E-state index contributed by atoms with van der Waals surface area (Å²) in [7, 11) is 0. The van der Waals surface area contributed by atoms with Crippen molar-refractivity contribution in [2.45, 2.75) is 24.7 Å². The average molecular weight is 476 g/mol. The second-order valence-corrected chi connectivity index (χ2v) is 10.4. The molecule has 5 aromatic carbocycles. The molecule has 5 aromatic rings. The Bertz CT molecular complexity index is 1710. The first-order chi connectivity index (χ1) is 18.1. The average Bonchev–Trinajstić information content (AvgIpc) is 2.95. The molecule has 0 atom stereocenters. The lowest BCUT2D eigenvalue weighted by Crippen LogP contribution is -2.43. The van der Waals surface area contributed by atoms with E-state index in [1.165, 1.54) is 22.3 Å². The highest BCUT2D eigenvalue weighted by molar-refractivity contribution is 5.79. The molecule has 0 radical (unpaired) electrons. The summed E-state index contributed by atoms with van der Waals surface area (Å²) in [6, 6.07) is 42.7. The molecule has 0 bridgehead atoms. The molecule has 0 saturated carbocycles. The van der Waals surface area contributed by atoms with Gasteiger partial charge >= 0.3 is 0 Å². The standard InChI is InChI=1S/C35H25NO/c1-34(2)26-13-5-6-14-28(26)35(29-15-7-9-17-32(29)37-33-18-10-8-16-30(33)35)31-21-23(19-20-27(31)34)25-12-4-3-11-24(25)22-36/h3-21H,1-2H3. The van der Waals surface area contributed by atoms with Gasteiger partial charge in [-0.1, -0.05) is 105 Å². The topological polar surface area (TPSA) is 33.0 Å². The summed E-state index contributed by atoms with van der Waals surface area (Å²) >= 11 is 0. The summed E-state index contributed by atoms with van der Waals surface area (Å²) in [5.74, 6) is 1.76. The smallest absolute Gasteiger partial charge is 0.132 e. The first kappa shape index (κ1) is 21.7. The minimum atomic E-state index is -0.551. The van der Waals surface area contributed by atoms with Crippen molar-refractivity contribution in [3.8, 4) is 28.7 Å². The minimum Gasteiger partial charge on any atom is -0.457 e. The first-order valence-corrected chi connectivity index (χ1v) is 12.7. The molecular formula is C35H25NO. The third-order valence-electron chi connectivity index (χ3n) is 8.26. The number of fused-ring (bicyclic) bond motifs is 8. The number of rotatable bonds is 1. The van der Waals surface area contributed by atoms with Crippen molar-refractivity contribution in [3.05, 3.63) is 154 Å². The van der Waals surface area contributed by atoms with Crippen LogP contribution in [0.1, 0.15) is 52.8 Å². The zero-order valence-corrected chi connectivity index (χ0v) is 20.8. The Labute approximate surface area is 217 Å². The van der Waals surface area contributed by atoms with E-state index >= 15 is 0 Å². The van der Waals surface area contributed by atoms with Crippen LogP contribution in [0.5, 0.6) is 11.5 Å². The van der Waals surface area contributed by atoms with Gasteiger partial charge in [0.25, 0.3) is 0 Å². The zero-order chi connectivity index (χ0) is 25.2. The van der Waals surface area contributed by atoms with Crippen LogP contribution in [0.4, 0.5) is 0 Å². The number of nitriles is 1. The van der Waals surface area contributed by atoms with Gasteiger partial charge in [0.15, 0.2) is 0 Å². The fourth-order valence-corrected chi connectivity index (χ4v) is 6.62. The molecule has 1 heterocycles. The summed E-state index contributed by atoms with van der Waals surface area (Å²) in [5, 5.41) is 9.87. The molecular weight excluding hydrogens is 450 g/mol. The van der Waals surface area contributed by atoms with E-state index in [-0.39, 0.29) is 5.41 Å². The molecule has 0 saturated heterocycles. The van der Waals surface area contributed by atoms with E-state index < -0.39 is 5.41 Å². The molecule has 2 heteroatoms. The van der Waals surface area contributed by atoms with Crippen LogP contribution in [0.25, 0.3) is 11.1 Å². The number of hydrogen-bond acceptors (Lipinski definition) is 2. The van der Waals surface area contributed by atoms with Gasteiger partial charge in [0.05, 0.1) is 17.0 Å². The lowest BCUT2D eigenvalue weighted by atomic mass is 9.53. The number of benzene rings is 5. The van der Waals surface area contributed by atoms with E-state index in [1.807, 2.05) is 36.4 Å². The number of hydrogen-bond donors (Lipinski definition) is 0. The normalized spacial score (nSPS) is 15.4. The molecule has 2 nitrogen and oxygen atoms in total. The molecule has 1 spiro atoms. The highest BCUT2D eigenvalue weighted by Gasteiger charge is 2.52. The highest BCUT2D eigenvalue weighted by Crippen LogP contribution is 2.61. The van der Waals surface area contributed by atoms with Crippen molar-refractivity contribution in [3.63, 3.8) is 0 Å². The van der Waals surface area contributed by atoms with Gasteiger partial charge in [-0.05, 0) is 57.6 Å². The van der Waals surface area contributed by atoms with Crippen LogP contribution in [-0.4, -0.2) is 0 Å². The predicted octanol–water partition coefficient (Wildman–Crippen LogP) is 8.35. The Morgan fingerprint density at radius 2 is 1.11 bits per heavy atom. The molecule has 0 N–H and O–H groups in total. The first-order valence-electron chi connectivity index (χ1n) is 12.7. The Kier molecular flexibility index (Phi) is 4.50. The molecule has 0 aromatic heterocycles. The minimum absolute atomic E-state index is 0.202. The van der Waals surface area contributed by atoms with E-state index in [0.29, 0.717) is 5.56 Å². The maximum atomic E-state index is 9.87. The molecule has 0 unspecified atom stereocenters. The van der Waals surface area contributed by atoms with E-state index in [9.17, 15) is 5.26 Å². The third-order valence-corrected chi connectivity index (χ3v) is 8.26. The summed E-state index contributed by atoms with van der Waals surface area (Å²) in [4.78, 5) is 0. The van der Waals surface area contributed by atoms with Crippen LogP contribution >= 0.6 is 0 Å². The van der Waals surface area contributed by atoms with Crippen molar-refractivity contribution >= 4 is 0 Å². The second-order valence-electron chi connectivity index (χ2n) is 10.4. The van der Waals surface area contributed by atoms with Crippen LogP contribution in [-0.2, 0) is 10.8 Å². The monoisotopic (exact) mass is 475 g/mol. The molecule has 0 fully saturated rings. The van der Waals surface area contributed by atoms with Crippen molar-refractivity contribution in [2.75, 3.05) is 0 Å². The van der Waals surface area contributed by atoms with Gasteiger partial charge in [-0.25, -0.2) is 0 Å². The Balaban J connectivity index is 1.68. The number of para-hydroxylation sites is 2. The van der Waals surface area contributed by atoms with Gasteiger partial charge in [0.1, 0.15) is 11.5 Å². The Morgan fingerprint density at radius 1 is 0.568 bits per heavy atom. The largest absolute Gasteiger partial charge is 0.457 e. The number of ether oxygens (including phenoxy) is 1. The van der Waals surface area contributed by atoms with Gasteiger partial charge in [-0.2, -0.15) is 5.26 Å². The van der Waals surface area contributed by atoms with Gasteiger partial charge in [0.2, 0.25) is 0 Å². The summed E-state index contributed by atoms with van der Waals surface area (Å²) in [6.07, 6.45) is 0. The maximum absolute atomic E-state index is 9.87. The maximum Gasteiger partial charge on any atom is 0.132 e. The summed E-state index contributed by atoms with van der Waals surface area (Å²) < 4.78 is 6.50. The van der Waals surface area contributed by atoms with Crippen LogP contribution < -0.4 is 4.74 Å². The lowest BCUT2D eigenvalue weighted by molar-refractivity contribution is 0.425. The van der Waals surface area contributed by atoms with E-state index in [1.54, 1.807) is 0 Å². The quantitative estimate of drug-likeness (QED) is 0.239. The van der Waals surface area contributed by atoms with Crippen molar-refractivity contribution in [1.82, 2.24) is 0 Å². The van der Waals surface area contributed by atoms with Crippen molar-refractivity contribution in [2.24, 2.45) is 0 Å². The predicted molar refractivity (Wildman–Crippen MR) is 147 cm³/mol. The number of nitrogens with zero attached hydrogens (tertiary/aromatic N) is 1. The second kappa shape index (κ2) is 7.69. The fourth-order valence-electron chi connectivity index (χ4n) is 6.62. The van der Waals surface area contributed by atoms with Gasteiger partial charge < -0.3 is 4.74 Å². The molecule has 2 aliphatic rings. The van der Waals surface area contributed by atoms with Crippen molar-refractivity contribution < 1.29 is 4.74 Å². The Morgan fingerprint density at radius 3 is 1.78 bits per heavy atom. The lowest BCUT2D eigenvalue weighted by Gasteiger charge is -2.50. The van der Waals surface area contributed by atoms with Crippen LogP contribution in [0.2, 0.25) is 0 Å². The van der Waals surface area contributed by atoms with Crippen LogP contribution in [0, 0.1) is 11.3 Å². The molecule has 0 amide bonds. The molecule has 1 aliphatic carbocycles. The SMILES string of the molecule is CC1(C)c2ccccc2C2(c3ccccc3Oc3ccccc32)c2cc(-c3ccccc3C#N)ccc21.